The minimum atomic E-state index is -2.58. The fourth-order valence-electron chi connectivity index (χ4n) is 2.78. The van der Waals surface area contributed by atoms with E-state index in [-0.39, 0.29) is 25.3 Å². The van der Waals surface area contributed by atoms with Crippen LogP contribution in [0.4, 0.5) is 9.59 Å². The Kier molecular flexibility index (Phi) is 26.7. The summed E-state index contributed by atoms with van der Waals surface area (Å²) < 4.78 is 35.5. The average Bonchev–Trinajstić information content (AvgIpc) is 2.97. The maximum atomic E-state index is 11.4. The van der Waals surface area contributed by atoms with Crippen molar-refractivity contribution >= 4 is 32.9 Å². The molecule has 41 heavy (non-hydrogen) atoms. The first-order valence-electron chi connectivity index (χ1n) is 13.7. The molecule has 0 aliphatic heterocycles. The Bertz CT molecular complexity index is 753. The Labute approximate surface area is 245 Å². The molecular formula is C27H50N2O11Si. The number of esters is 2. The van der Waals surface area contributed by atoms with Crippen molar-refractivity contribution in [1.29, 1.82) is 0 Å². The predicted molar refractivity (Wildman–Crippen MR) is 155 cm³/mol. The molecule has 0 bridgehead atoms. The van der Waals surface area contributed by atoms with Crippen molar-refractivity contribution in [2.45, 2.75) is 64.8 Å². The Morgan fingerprint density at radius 3 is 1.56 bits per heavy atom. The van der Waals surface area contributed by atoms with Crippen molar-refractivity contribution in [2.24, 2.45) is 0 Å². The molecule has 0 aliphatic rings. The molecule has 2 amide bonds. The second-order valence-electron chi connectivity index (χ2n) is 8.58. The highest BCUT2D eigenvalue weighted by Gasteiger charge is 2.36. The van der Waals surface area contributed by atoms with Crippen LogP contribution in [0.3, 0.4) is 0 Å². The lowest BCUT2D eigenvalue weighted by Gasteiger charge is -2.24. The van der Waals surface area contributed by atoms with Gasteiger partial charge in [0, 0.05) is 52.1 Å². The minimum absolute atomic E-state index is 0.268. The third-order valence-electron chi connectivity index (χ3n) is 5.20. The summed E-state index contributed by atoms with van der Waals surface area (Å²) in [6.07, 6.45) is 5.47. The molecule has 13 nitrogen and oxygen atoms in total. The largest absolute Gasteiger partial charge is 0.500 e. The molecule has 0 fully saturated rings. The predicted octanol–water partition coefficient (Wildman–Crippen LogP) is 3.90. The molecule has 0 heterocycles. The summed E-state index contributed by atoms with van der Waals surface area (Å²) in [6, 6.07) is 0.603. The van der Waals surface area contributed by atoms with Crippen LogP contribution in [0.2, 0.25) is 6.04 Å². The van der Waals surface area contributed by atoms with Crippen molar-refractivity contribution in [3.63, 3.8) is 0 Å². The second kappa shape index (κ2) is 27.2. The van der Waals surface area contributed by atoms with Crippen molar-refractivity contribution in [2.75, 3.05) is 60.8 Å². The highest BCUT2D eigenvalue weighted by molar-refractivity contribution is 6.60. The first-order valence-corrected chi connectivity index (χ1v) is 15.6. The fourth-order valence-corrected chi connectivity index (χ4v) is 4.50. The van der Waals surface area contributed by atoms with Gasteiger partial charge < -0.3 is 42.9 Å². The summed E-state index contributed by atoms with van der Waals surface area (Å²) in [5, 5.41) is 5.29. The van der Waals surface area contributed by atoms with Crippen LogP contribution in [0.5, 0.6) is 0 Å². The van der Waals surface area contributed by atoms with Gasteiger partial charge in [-0.2, -0.15) is 0 Å². The molecule has 0 radical (unpaired) electrons. The van der Waals surface area contributed by atoms with Gasteiger partial charge in [0.15, 0.2) is 0 Å². The van der Waals surface area contributed by atoms with Gasteiger partial charge >= 0.3 is 32.9 Å². The monoisotopic (exact) mass is 606 g/mol. The van der Waals surface area contributed by atoms with E-state index in [0.717, 1.165) is 18.9 Å². The zero-order valence-electron chi connectivity index (χ0n) is 25.4. The van der Waals surface area contributed by atoms with Gasteiger partial charge in [-0.1, -0.05) is 26.5 Å². The van der Waals surface area contributed by atoms with Crippen molar-refractivity contribution in [3.05, 3.63) is 24.8 Å². The summed E-state index contributed by atoms with van der Waals surface area (Å²) in [5.74, 6) is -0.834. The molecule has 0 aromatic heterocycles. The topological polar surface area (TPSA) is 157 Å². The third kappa shape index (κ3) is 24.6. The van der Waals surface area contributed by atoms with Crippen LogP contribution in [0.15, 0.2) is 24.8 Å². The van der Waals surface area contributed by atoms with Gasteiger partial charge in [0.25, 0.3) is 0 Å². The zero-order chi connectivity index (χ0) is 31.4. The van der Waals surface area contributed by atoms with Crippen LogP contribution >= 0.6 is 0 Å². The number of hydrogen-bond donors (Lipinski definition) is 2. The van der Waals surface area contributed by atoms with Crippen LogP contribution in [0.1, 0.15) is 58.8 Å². The first kappa shape index (κ1) is 40.2. The number of alkyl carbamates (subject to hydrolysis) is 2. The molecule has 0 spiro atoms. The van der Waals surface area contributed by atoms with Crippen molar-refractivity contribution < 1.29 is 51.4 Å². The number of nitrogens with one attached hydrogen (secondary N) is 2. The Morgan fingerprint density at radius 1 is 0.707 bits per heavy atom. The summed E-state index contributed by atoms with van der Waals surface area (Å²) in [7, 11) is 2.06. The molecule has 0 aromatic rings. The second-order valence-corrected chi connectivity index (χ2v) is 11.7. The van der Waals surface area contributed by atoms with Gasteiger partial charge in [-0.25, -0.2) is 19.2 Å². The van der Waals surface area contributed by atoms with E-state index >= 15 is 0 Å². The maximum Gasteiger partial charge on any atom is 0.500 e. The Hall–Kier alpha value is -2.94. The van der Waals surface area contributed by atoms with Gasteiger partial charge in [-0.05, 0) is 45.4 Å². The van der Waals surface area contributed by atoms with Crippen LogP contribution in [0, 0.1) is 0 Å². The van der Waals surface area contributed by atoms with Gasteiger partial charge in [0.05, 0.1) is 26.4 Å². The van der Waals surface area contributed by atoms with Crippen molar-refractivity contribution in [1.82, 2.24) is 10.6 Å². The molecule has 0 rings (SSSR count). The van der Waals surface area contributed by atoms with E-state index < -0.39 is 20.9 Å². The molecule has 0 unspecified atom stereocenters. The van der Waals surface area contributed by atoms with E-state index in [1.165, 1.54) is 0 Å². The lowest BCUT2D eigenvalue weighted by atomic mass is 10.3. The minimum Gasteiger partial charge on any atom is -0.463 e. The molecular weight excluding hydrogens is 556 g/mol. The Morgan fingerprint density at radius 2 is 1.15 bits per heavy atom. The highest BCUT2D eigenvalue weighted by atomic mass is 28.4. The SMILES string of the molecule is C=C(C)C(=O)OCCCCOC(=O)NCCCC.C=CC(=O)OCCCCOC(=O)NCCC[Si](OC)(OC)OC. The van der Waals surface area contributed by atoms with E-state index in [2.05, 4.69) is 30.7 Å². The number of hydrogen-bond acceptors (Lipinski definition) is 11. The lowest BCUT2D eigenvalue weighted by Crippen LogP contribution is -2.43. The van der Waals surface area contributed by atoms with Gasteiger partial charge in [-0.15, -0.1) is 0 Å². The highest BCUT2D eigenvalue weighted by Crippen LogP contribution is 2.14. The van der Waals surface area contributed by atoms with Gasteiger partial charge in [-0.3, -0.25) is 0 Å². The molecule has 0 aromatic carbocycles. The summed E-state index contributed by atoms with van der Waals surface area (Å²) in [4.78, 5) is 44.4. The molecule has 0 atom stereocenters. The number of rotatable bonds is 22. The summed E-state index contributed by atoms with van der Waals surface area (Å²) in [6.45, 7) is 12.7. The normalized spacial score (nSPS) is 10.4. The number of carbonyl (C=O) groups excluding carboxylic acids is 4. The van der Waals surface area contributed by atoms with Crippen LogP contribution in [-0.2, 0) is 41.8 Å². The molecule has 0 saturated heterocycles. The number of ether oxygens (including phenoxy) is 4. The molecule has 238 valence electrons. The fraction of sp³-hybridized carbons (Fsp3) is 0.704. The summed E-state index contributed by atoms with van der Waals surface area (Å²) >= 11 is 0. The van der Waals surface area contributed by atoms with Crippen molar-refractivity contribution in [3.8, 4) is 0 Å². The smallest absolute Gasteiger partial charge is 0.463 e. The quantitative estimate of drug-likeness (QED) is 0.0605. The van der Waals surface area contributed by atoms with E-state index in [9.17, 15) is 19.2 Å². The Balaban J connectivity index is 0. The van der Waals surface area contributed by atoms with Crippen LogP contribution < -0.4 is 10.6 Å². The van der Waals surface area contributed by atoms with E-state index in [0.29, 0.717) is 70.0 Å². The summed E-state index contributed by atoms with van der Waals surface area (Å²) in [5.41, 5.74) is 0.390. The molecule has 0 aliphatic carbocycles. The van der Waals surface area contributed by atoms with Crippen LogP contribution in [-0.4, -0.2) is 93.8 Å². The zero-order valence-corrected chi connectivity index (χ0v) is 26.4. The first-order chi connectivity index (χ1) is 19.6. The number of carbonyl (C=O) groups is 4. The van der Waals surface area contributed by atoms with Gasteiger partial charge in [0.1, 0.15) is 0 Å². The lowest BCUT2D eigenvalue weighted by molar-refractivity contribution is -0.139. The van der Waals surface area contributed by atoms with E-state index in [4.69, 9.17) is 32.2 Å². The van der Waals surface area contributed by atoms with E-state index in [1.54, 1.807) is 28.3 Å². The molecule has 14 heteroatoms. The maximum absolute atomic E-state index is 11.4. The average molecular weight is 607 g/mol. The van der Waals surface area contributed by atoms with Crippen LogP contribution in [0.25, 0.3) is 0 Å². The van der Waals surface area contributed by atoms with E-state index in [1.807, 2.05) is 0 Å². The number of amides is 2. The molecule has 0 saturated carbocycles. The van der Waals surface area contributed by atoms with Gasteiger partial charge in [0.2, 0.25) is 0 Å². The molecule has 2 N–H and O–H groups in total. The number of unbranched alkanes of at least 4 members (excludes halogenated alkanes) is 3. The third-order valence-corrected chi connectivity index (χ3v) is 8.03. The standard InChI is InChI=1S/C14H27NO7Si.C13H23NO4/c1-5-13(16)21-10-6-7-11-22-14(17)15-9-8-12-23(18-2,19-3)20-4;1-4-5-8-14-13(16)18-10-7-6-9-17-12(15)11(2)3/h5H,1,6-12H2,2-4H3,(H,15,17);2,4-10H2,1,3H3,(H,14,16).